The van der Waals surface area contributed by atoms with Gasteiger partial charge in [0.1, 0.15) is 0 Å². The van der Waals surface area contributed by atoms with Crippen LogP contribution in [-0.2, 0) is 10.0 Å². The molecule has 0 unspecified atom stereocenters. The van der Waals surface area contributed by atoms with Crippen molar-refractivity contribution in [3.8, 4) is 0 Å². The fraction of sp³-hybridized carbons (Fsp3) is 0.222. The summed E-state index contributed by atoms with van der Waals surface area (Å²) in [7, 11) is -3.80. The second-order valence-corrected chi connectivity index (χ2v) is 10.5. The zero-order valence-electron chi connectivity index (χ0n) is 19.0. The first-order valence-corrected chi connectivity index (χ1v) is 12.9. The number of nitrogens with zero attached hydrogens (tertiary/aromatic N) is 1. The quantitative estimate of drug-likeness (QED) is 0.413. The van der Waals surface area contributed by atoms with Crippen molar-refractivity contribution >= 4 is 32.5 Å². The molecule has 1 aliphatic heterocycles. The lowest BCUT2D eigenvalue weighted by Gasteiger charge is -2.32. The van der Waals surface area contributed by atoms with Gasteiger partial charge in [-0.15, -0.1) is 0 Å². The van der Waals surface area contributed by atoms with E-state index in [2.05, 4.69) is 28.0 Å². The molecule has 3 aromatic carbocycles. The molecule has 1 aromatic heterocycles. The Morgan fingerprint density at radius 2 is 1.74 bits per heavy atom. The maximum atomic E-state index is 13.2. The Labute approximate surface area is 199 Å². The van der Waals surface area contributed by atoms with Crippen LogP contribution >= 0.6 is 0 Å². The number of benzene rings is 3. The number of carbonyl (C=O) groups excluding carboxylic acids is 1. The van der Waals surface area contributed by atoms with Crippen molar-refractivity contribution in [3.05, 3.63) is 95.7 Å². The molecule has 7 heteroatoms. The number of nitrogens with one attached hydrogen (secondary N) is 2. The molecule has 0 bridgehead atoms. The number of carbonyl (C=O) groups is 1. The van der Waals surface area contributed by atoms with E-state index in [0.717, 1.165) is 23.9 Å². The third-order valence-corrected chi connectivity index (χ3v) is 7.88. The summed E-state index contributed by atoms with van der Waals surface area (Å²) in [6.07, 6.45) is 3.84. The Balaban J connectivity index is 1.29. The zero-order chi connectivity index (χ0) is 23.7. The van der Waals surface area contributed by atoms with Gasteiger partial charge in [-0.2, -0.15) is 0 Å². The molecule has 34 heavy (non-hydrogen) atoms. The topological polar surface area (TPSA) is 82.3 Å². The molecule has 0 radical (unpaired) electrons. The number of anilines is 1. The number of hydrogen-bond acceptors (Lipinski definition) is 3. The summed E-state index contributed by atoms with van der Waals surface area (Å²) in [4.78, 5) is 18.4. The molecule has 6 nitrogen and oxygen atoms in total. The molecule has 1 fully saturated rings. The maximum absolute atomic E-state index is 13.2. The van der Waals surface area contributed by atoms with Crippen LogP contribution in [0.2, 0.25) is 0 Å². The van der Waals surface area contributed by atoms with E-state index in [1.54, 1.807) is 30.3 Å². The Hall–Kier alpha value is -3.58. The first kappa shape index (κ1) is 22.2. The van der Waals surface area contributed by atoms with Crippen LogP contribution in [0.5, 0.6) is 0 Å². The van der Waals surface area contributed by atoms with Gasteiger partial charge in [0.25, 0.3) is 15.9 Å². The zero-order valence-corrected chi connectivity index (χ0v) is 19.8. The maximum Gasteiger partial charge on any atom is 0.261 e. The number of aromatic amines is 1. The summed E-state index contributed by atoms with van der Waals surface area (Å²) in [6, 6.07) is 21.7. The predicted octanol–water partition coefficient (Wildman–Crippen LogP) is 5.30. The molecule has 0 saturated carbocycles. The van der Waals surface area contributed by atoms with Gasteiger partial charge >= 0.3 is 0 Å². The summed E-state index contributed by atoms with van der Waals surface area (Å²) in [5, 5.41) is 1.24. The molecular formula is C27H27N3O3S. The van der Waals surface area contributed by atoms with E-state index >= 15 is 0 Å². The first-order chi connectivity index (χ1) is 16.4. The lowest BCUT2D eigenvalue weighted by atomic mass is 9.89. The van der Waals surface area contributed by atoms with Crippen molar-refractivity contribution in [1.29, 1.82) is 0 Å². The second-order valence-electron chi connectivity index (χ2n) is 8.86. The molecule has 2 N–H and O–H groups in total. The smallest absolute Gasteiger partial charge is 0.261 e. The number of likely N-dealkylation sites (tertiary alicyclic amines) is 1. The molecule has 4 aromatic rings. The van der Waals surface area contributed by atoms with Gasteiger partial charge in [0.05, 0.1) is 4.90 Å². The third-order valence-electron chi connectivity index (χ3n) is 6.50. The number of aromatic nitrogens is 1. The molecule has 0 aliphatic carbocycles. The van der Waals surface area contributed by atoms with Crippen molar-refractivity contribution in [2.75, 3.05) is 17.8 Å². The van der Waals surface area contributed by atoms with Crippen molar-refractivity contribution < 1.29 is 13.2 Å². The highest BCUT2D eigenvalue weighted by Crippen LogP contribution is 2.33. The van der Waals surface area contributed by atoms with Crippen molar-refractivity contribution in [1.82, 2.24) is 9.88 Å². The van der Waals surface area contributed by atoms with Gasteiger partial charge < -0.3 is 9.88 Å². The van der Waals surface area contributed by atoms with Crippen LogP contribution in [0.4, 0.5) is 5.69 Å². The molecule has 0 atom stereocenters. The summed E-state index contributed by atoms with van der Waals surface area (Å²) in [5.41, 5.74) is 4.28. The van der Waals surface area contributed by atoms with Gasteiger partial charge in [-0.1, -0.05) is 36.4 Å². The van der Waals surface area contributed by atoms with Crippen LogP contribution in [0.25, 0.3) is 10.9 Å². The highest BCUT2D eigenvalue weighted by atomic mass is 32.2. The average molecular weight is 474 g/mol. The van der Waals surface area contributed by atoms with E-state index in [9.17, 15) is 13.2 Å². The van der Waals surface area contributed by atoms with E-state index in [1.165, 1.54) is 23.1 Å². The fourth-order valence-electron chi connectivity index (χ4n) is 4.73. The summed E-state index contributed by atoms with van der Waals surface area (Å²) < 4.78 is 28.4. The predicted molar refractivity (Wildman–Crippen MR) is 135 cm³/mol. The van der Waals surface area contributed by atoms with Crippen LogP contribution in [-0.4, -0.2) is 37.3 Å². The first-order valence-electron chi connectivity index (χ1n) is 11.5. The van der Waals surface area contributed by atoms with Gasteiger partial charge in [-0.3, -0.25) is 9.52 Å². The summed E-state index contributed by atoms with van der Waals surface area (Å²) in [5.74, 6) is 0.260. The van der Waals surface area contributed by atoms with Gasteiger partial charge in [0.2, 0.25) is 0 Å². The normalized spacial score (nSPS) is 14.9. The van der Waals surface area contributed by atoms with Gasteiger partial charge in [0, 0.05) is 41.4 Å². The van der Waals surface area contributed by atoms with Crippen LogP contribution in [0.15, 0.2) is 83.9 Å². The van der Waals surface area contributed by atoms with Crippen LogP contribution < -0.4 is 4.72 Å². The van der Waals surface area contributed by atoms with Gasteiger partial charge in [-0.25, -0.2) is 8.42 Å². The van der Waals surface area contributed by atoms with Crippen molar-refractivity contribution in [3.63, 3.8) is 0 Å². The SMILES string of the molecule is Cc1cccc(NS(=O)(=O)c2cccc(C(=O)N3CCC(c4c[nH]c5ccccc45)CC3)c2)c1. The van der Waals surface area contributed by atoms with E-state index in [-0.39, 0.29) is 10.8 Å². The number of para-hydroxylation sites is 1. The standard InChI is InChI=1S/C27H27N3O3S/c1-19-6-4-8-22(16-19)29-34(32,33)23-9-5-7-21(17-23)27(31)30-14-12-20(13-15-30)25-18-28-26-11-3-2-10-24(25)26/h2-11,16-18,20,28-29H,12-15H2,1H3. The molecule has 174 valence electrons. The van der Waals surface area contributed by atoms with E-state index in [4.69, 9.17) is 0 Å². The monoisotopic (exact) mass is 473 g/mol. The minimum Gasteiger partial charge on any atom is -0.361 e. The molecule has 1 amide bonds. The average Bonchev–Trinajstić information content (AvgIpc) is 3.28. The van der Waals surface area contributed by atoms with Crippen LogP contribution in [0, 0.1) is 6.92 Å². The number of aryl methyl sites for hydroxylation is 1. The third kappa shape index (κ3) is 4.43. The molecule has 0 spiro atoms. The lowest BCUT2D eigenvalue weighted by molar-refractivity contribution is 0.0713. The molecule has 2 heterocycles. The van der Waals surface area contributed by atoms with Crippen molar-refractivity contribution in [2.45, 2.75) is 30.6 Å². The number of amides is 1. The number of rotatable bonds is 5. The fourth-order valence-corrected chi connectivity index (χ4v) is 5.82. The van der Waals surface area contributed by atoms with Crippen molar-refractivity contribution in [2.24, 2.45) is 0 Å². The minimum atomic E-state index is -3.80. The van der Waals surface area contributed by atoms with Gasteiger partial charge in [0.15, 0.2) is 0 Å². The molecule has 5 rings (SSSR count). The summed E-state index contributed by atoms with van der Waals surface area (Å²) in [6.45, 7) is 3.18. The number of H-pyrrole nitrogens is 1. The largest absolute Gasteiger partial charge is 0.361 e. The van der Waals surface area contributed by atoms with E-state index < -0.39 is 10.0 Å². The Morgan fingerprint density at radius 3 is 2.53 bits per heavy atom. The molecule has 1 saturated heterocycles. The second kappa shape index (κ2) is 8.99. The van der Waals surface area contributed by atoms with Crippen LogP contribution in [0.3, 0.4) is 0 Å². The number of fused-ring (bicyclic) bond motifs is 1. The molecule has 1 aliphatic rings. The summed E-state index contributed by atoms with van der Waals surface area (Å²) >= 11 is 0. The number of sulfonamides is 1. The Bertz CT molecular complexity index is 1450. The van der Waals surface area contributed by atoms with Gasteiger partial charge in [-0.05, 0) is 73.2 Å². The minimum absolute atomic E-state index is 0.0773. The highest BCUT2D eigenvalue weighted by Gasteiger charge is 2.27. The van der Waals surface area contributed by atoms with E-state index in [0.29, 0.717) is 30.3 Å². The number of hydrogen-bond donors (Lipinski definition) is 2. The Morgan fingerprint density at radius 1 is 0.971 bits per heavy atom. The van der Waals surface area contributed by atoms with E-state index in [1.807, 2.05) is 30.0 Å². The van der Waals surface area contributed by atoms with Crippen LogP contribution in [0.1, 0.15) is 40.2 Å². The highest BCUT2D eigenvalue weighted by molar-refractivity contribution is 7.92. The lowest BCUT2D eigenvalue weighted by Crippen LogP contribution is -2.38. The molecular weight excluding hydrogens is 446 g/mol. The number of piperidine rings is 1. The Kier molecular flexibility index (Phi) is 5.87.